The van der Waals surface area contributed by atoms with Crippen LogP contribution in [0.5, 0.6) is 5.75 Å². The Morgan fingerprint density at radius 3 is 2.56 bits per heavy atom. The molecule has 16 heavy (non-hydrogen) atoms. The fourth-order valence-electron chi connectivity index (χ4n) is 1.59. The van der Waals surface area contributed by atoms with Crippen molar-refractivity contribution in [1.82, 2.24) is 0 Å². The van der Waals surface area contributed by atoms with Crippen molar-refractivity contribution < 1.29 is 4.74 Å². The predicted molar refractivity (Wildman–Crippen MR) is 69.0 cm³/mol. The van der Waals surface area contributed by atoms with Gasteiger partial charge in [-0.1, -0.05) is 32.4 Å². The first-order valence-electron chi connectivity index (χ1n) is 5.51. The van der Waals surface area contributed by atoms with Crippen LogP contribution in [0.25, 0.3) is 0 Å². The summed E-state index contributed by atoms with van der Waals surface area (Å²) >= 11 is 6.00. The third kappa shape index (κ3) is 2.69. The summed E-state index contributed by atoms with van der Waals surface area (Å²) in [7, 11) is 1.65. The summed E-state index contributed by atoms with van der Waals surface area (Å²) in [6.45, 7) is 6.44. The summed E-state index contributed by atoms with van der Waals surface area (Å²) in [5.74, 6) is 0.804. The summed E-state index contributed by atoms with van der Waals surface area (Å²) in [5.41, 5.74) is 7.29. The number of benzene rings is 1. The molecule has 0 fully saturated rings. The average molecular weight is 242 g/mol. The summed E-state index contributed by atoms with van der Waals surface area (Å²) in [5, 5.41) is 0.693. The van der Waals surface area contributed by atoms with Crippen LogP contribution in [-0.4, -0.2) is 7.11 Å². The zero-order valence-corrected chi connectivity index (χ0v) is 11.1. The molecule has 1 unspecified atom stereocenters. The fourth-order valence-corrected chi connectivity index (χ4v) is 1.77. The summed E-state index contributed by atoms with van der Waals surface area (Å²) < 4.78 is 5.32. The van der Waals surface area contributed by atoms with Gasteiger partial charge in [-0.2, -0.15) is 0 Å². The van der Waals surface area contributed by atoms with Gasteiger partial charge in [0.15, 0.2) is 0 Å². The number of hydrogen-bond acceptors (Lipinski definition) is 2. The molecule has 0 spiro atoms. The second kappa shape index (κ2) is 5.07. The minimum absolute atomic E-state index is 0.0258. The first-order chi connectivity index (χ1) is 7.42. The molecule has 0 heterocycles. The van der Waals surface area contributed by atoms with E-state index in [2.05, 4.69) is 20.8 Å². The number of nitrogens with two attached hydrogens (primary N) is 1. The predicted octanol–water partition coefficient (Wildman–Crippen LogP) is 3.78. The maximum Gasteiger partial charge on any atom is 0.123 e. The molecule has 0 amide bonds. The Morgan fingerprint density at radius 2 is 2.06 bits per heavy atom. The molecule has 2 N–H and O–H groups in total. The third-order valence-electron chi connectivity index (χ3n) is 3.28. The van der Waals surface area contributed by atoms with Crippen molar-refractivity contribution >= 4 is 11.6 Å². The van der Waals surface area contributed by atoms with E-state index in [0.717, 1.165) is 17.7 Å². The Labute approximate surface area is 103 Å². The Morgan fingerprint density at radius 1 is 1.44 bits per heavy atom. The van der Waals surface area contributed by atoms with E-state index in [1.807, 2.05) is 18.2 Å². The molecule has 0 aliphatic carbocycles. The fraction of sp³-hybridized carbons (Fsp3) is 0.538. The Kier molecular flexibility index (Phi) is 4.22. The molecule has 0 aliphatic rings. The van der Waals surface area contributed by atoms with Crippen molar-refractivity contribution in [1.29, 1.82) is 0 Å². The van der Waals surface area contributed by atoms with Gasteiger partial charge in [0.05, 0.1) is 7.11 Å². The van der Waals surface area contributed by atoms with E-state index in [1.165, 1.54) is 0 Å². The number of halogens is 1. The van der Waals surface area contributed by atoms with Crippen molar-refractivity contribution in [3.8, 4) is 5.75 Å². The molecule has 90 valence electrons. The molecule has 1 aromatic carbocycles. The van der Waals surface area contributed by atoms with Gasteiger partial charge in [-0.3, -0.25) is 0 Å². The largest absolute Gasteiger partial charge is 0.496 e. The van der Waals surface area contributed by atoms with E-state index in [9.17, 15) is 0 Å². The molecule has 0 saturated heterocycles. The number of methoxy groups -OCH3 is 1. The standard InChI is InChI=1S/C13H20ClNO/c1-5-13(2,3)12(15)10-8-9(14)6-7-11(10)16-4/h6-8,12H,5,15H2,1-4H3. The van der Waals surface area contributed by atoms with E-state index < -0.39 is 0 Å². The van der Waals surface area contributed by atoms with Gasteiger partial charge >= 0.3 is 0 Å². The quantitative estimate of drug-likeness (QED) is 0.871. The van der Waals surface area contributed by atoms with Crippen LogP contribution in [0.4, 0.5) is 0 Å². The van der Waals surface area contributed by atoms with Crippen molar-refractivity contribution in [3.05, 3.63) is 28.8 Å². The van der Waals surface area contributed by atoms with Gasteiger partial charge in [0.25, 0.3) is 0 Å². The Bertz CT molecular complexity index is 363. The van der Waals surface area contributed by atoms with E-state index in [-0.39, 0.29) is 11.5 Å². The van der Waals surface area contributed by atoms with Gasteiger partial charge in [0, 0.05) is 16.6 Å². The van der Waals surface area contributed by atoms with Gasteiger partial charge in [-0.25, -0.2) is 0 Å². The molecule has 0 radical (unpaired) electrons. The highest BCUT2D eigenvalue weighted by molar-refractivity contribution is 6.30. The van der Waals surface area contributed by atoms with Gasteiger partial charge in [0.1, 0.15) is 5.75 Å². The number of hydrogen-bond donors (Lipinski definition) is 1. The van der Waals surface area contributed by atoms with E-state index >= 15 is 0 Å². The SMILES string of the molecule is CCC(C)(C)C(N)c1cc(Cl)ccc1OC. The molecule has 0 saturated carbocycles. The second-order valence-electron chi connectivity index (χ2n) is 4.71. The minimum Gasteiger partial charge on any atom is -0.496 e. The molecule has 2 nitrogen and oxygen atoms in total. The van der Waals surface area contributed by atoms with Crippen molar-refractivity contribution in [2.45, 2.75) is 33.2 Å². The van der Waals surface area contributed by atoms with Gasteiger partial charge < -0.3 is 10.5 Å². The van der Waals surface area contributed by atoms with Crippen LogP contribution in [0.3, 0.4) is 0 Å². The molecule has 1 aromatic rings. The van der Waals surface area contributed by atoms with E-state index in [0.29, 0.717) is 5.02 Å². The number of ether oxygens (including phenoxy) is 1. The summed E-state index contributed by atoms with van der Waals surface area (Å²) in [4.78, 5) is 0. The minimum atomic E-state index is -0.0776. The maximum atomic E-state index is 6.29. The summed E-state index contributed by atoms with van der Waals surface area (Å²) in [6.07, 6.45) is 1.00. The van der Waals surface area contributed by atoms with Crippen molar-refractivity contribution in [2.75, 3.05) is 7.11 Å². The first-order valence-corrected chi connectivity index (χ1v) is 5.89. The zero-order chi connectivity index (χ0) is 12.3. The summed E-state index contributed by atoms with van der Waals surface area (Å²) in [6, 6.07) is 5.49. The highest BCUT2D eigenvalue weighted by Gasteiger charge is 2.28. The van der Waals surface area contributed by atoms with Crippen LogP contribution >= 0.6 is 11.6 Å². The maximum absolute atomic E-state index is 6.29. The lowest BCUT2D eigenvalue weighted by molar-refractivity contribution is 0.271. The second-order valence-corrected chi connectivity index (χ2v) is 5.14. The van der Waals surface area contributed by atoms with E-state index in [4.69, 9.17) is 22.1 Å². The van der Waals surface area contributed by atoms with Crippen LogP contribution in [0.15, 0.2) is 18.2 Å². The monoisotopic (exact) mass is 241 g/mol. The normalized spacial score (nSPS) is 13.6. The number of rotatable bonds is 4. The molecular weight excluding hydrogens is 222 g/mol. The van der Waals surface area contributed by atoms with Gasteiger partial charge in [0.2, 0.25) is 0 Å². The molecule has 3 heteroatoms. The van der Waals surface area contributed by atoms with Crippen molar-refractivity contribution in [3.63, 3.8) is 0 Å². The van der Waals surface area contributed by atoms with Crippen LogP contribution < -0.4 is 10.5 Å². The molecular formula is C13H20ClNO. The lowest BCUT2D eigenvalue weighted by Crippen LogP contribution is -2.28. The van der Waals surface area contributed by atoms with Gasteiger partial charge in [-0.05, 0) is 30.0 Å². The average Bonchev–Trinajstić information content (AvgIpc) is 2.28. The third-order valence-corrected chi connectivity index (χ3v) is 3.52. The topological polar surface area (TPSA) is 35.2 Å². The lowest BCUT2D eigenvalue weighted by atomic mass is 9.78. The highest BCUT2D eigenvalue weighted by atomic mass is 35.5. The van der Waals surface area contributed by atoms with Crippen LogP contribution in [0.2, 0.25) is 5.02 Å². The van der Waals surface area contributed by atoms with Gasteiger partial charge in [-0.15, -0.1) is 0 Å². The molecule has 1 atom stereocenters. The van der Waals surface area contributed by atoms with E-state index in [1.54, 1.807) is 7.11 Å². The molecule has 0 aliphatic heterocycles. The molecule has 0 bridgehead atoms. The molecule has 1 rings (SSSR count). The Hall–Kier alpha value is -0.730. The van der Waals surface area contributed by atoms with Crippen LogP contribution in [-0.2, 0) is 0 Å². The van der Waals surface area contributed by atoms with Crippen LogP contribution in [0.1, 0.15) is 38.8 Å². The molecule has 0 aromatic heterocycles. The van der Waals surface area contributed by atoms with Crippen LogP contribution in [0, 0.1) is 5.41 Å². The zero-order valence-electron chi connectivity index (χ0n) is 10.4. The highest BCUT2D eigenvalue weighted by Crippen LogP contribution is 2.39. The lowest BCUT2D eigenvalue weighted by Gasteiger charge is -2.31. The van der Waals surface area contributed by atoms with Crippen molar-refractivity contribution in [2.24, 2.45) is 11.1 Å². The smallest absolute Gasteiger partial charge is 0.123 e. The Balaban J connectivity index is 3.16. The first kappa shape index (κ1) is 13.3.